The Kier molecular flexibility index (Phi) is 5.03. The number of hydrogen-bond donors (Lipinski definition) is 1. The number of aromatic nitrogens is 2. The number of aromatic amines is 1. The first kappa shape index (κ1) is 18.8. The number of thiophene rings is 2. The molecule has 0 aliphatic rings. The molecule has 0 spiro atoms. The van der Waals surface area contributed by atoms with Crippen molar-refractivity contribution < 1.29 is 4.92 Å². The Morgan fingerprint density at radius 2 is 2.11 bits per heavy atom. The molecule has 140 valence electrons. The maximum atomic E-state index is 12.6. The predicted molar refractivity (Wildman–Crippen MR) is 115 cm³/mol. The predicted octanol–water partition coefficient (Wildman–Crippen LogP) is 6.01. The number of nitro benzene ring substituents is 1. The van der Waals surface area contributed by atoms with Crippen LogP contribution < -0.4 is 5.56 Å². The zero-order valence-corrected chi connectivity index (χ0v) is 17.0. The van der Waals surface area contributed by atoms with E-state index in [0.29, 0.717) is 15.8 Å². The molecule has 3 heterocycles. The second-order valence-electron chi connectivity index (χ2n) is 5.68. The van der Waals surface area contributed by atoms with E-state index in [1.807, 2.05) is 22.9 Å². The van der Waals surface area contributed by atoms with Gasteiger partial charge in [-0.3, -0.25) is 14.9 Å². The lowest BCUT2D eigenvalue weighted by Crippen LogP contribution is -2.10. The Morgan fingerprint density at radius 1 is 1.29 bits per heavy atom. The summed E-state index contributed by atoms with van der Waals surface area (Å²) < 4.78 is 0. The van der Waals surface area contributed by atoms with Gasteiger partial charge in [-0.2, -0.15) is 0 Å². The molecule has 4 aromatic rings. The molecule has 1 N–H and O–H groups in total. The Hall–Kier alpha value is -2.52. The molecule has 0 amide bonds. The van der Waals surface area contributed by atoms with E-state index >= 15 is 0 Å². The summed E-state index contributed by atoms with van der Waals surface area (Å²) in [5.41, 5.74) is 0.784. The van der Waals surface area contributed by atoms with Crippen LogP contribution in [0.2, 0.25) is 5.02 Å². The first-order valence-electron chi connectivity index (χ1n) is 7.81. The van der Waals surface area contributed by atoms with Gasteiger partial charge in [0.1, 0.15) is 9.85 Å². The van der Waals surface area contributed by atoms with Gasteiger partial charge in [-0.05, 0) is 29.2 Å². The molecule has 3 aromatic heterocycles. The highest BCUT2D eigenvalue weighted by atomic mass is 35.5. The van der Waals surface area contributed by atoms with Crippen LogP contribution in [0.4, 0.5) is 5.69 Å². The molecule has 6 nitrogen and oxygen atoms in total. The Labute approximate surface area is 175 Å². The fourth-order valence-electron chi connectivity index (χ4n) is 2.65. The summed E-state index contributed by atoms with van der Waals surface area (Å²) in [6.45, 7) is 0. The molecule has 0 radical (unpaired) electrons. The largest absolute Gasteiger partial charge is 0.305 e. The van der Waals surface area contributed by atoms with E-state index in [1.165, 1.54) is 29.5 Å². The van der Waals surface area contributed by atoms with Crippen LogP contribution in [-0.2, 0) is 0 Å². The summed E-state index contributed by atoms with van der Waals surface area (Å²) in [5.74, 6) is 0.191. The fraction of sp³-hybridized carbons (Fsp3) is 0. The lowest BCUT2D eigenvalue weighted by molar-refractivity contribution is -0.384. The van der Waals surface area contributed by atoms with E-state index in [0.717, 1.165) is 10.4 Å². The van der Waals surface area contributed by atoms with Gasteiger partial charge in [-0.1, -0.05) is 35.3 Å². The molecule has 0 aliphatic heterocycles. The first-order valence-corrected chi connectivity index (χ1v) is 10.3. The van der Waals surface area contributed by atoms with Crippen LogP contribution in [0.15, 0.2) is 45.9 Å². The van der Waals surface area contributed by atoms with Gasteiger partial charge in [0.2, 0.25) is 0 Å². The fourth-order valence-corrected chi connectivity index (χ4v) is 4.81. The monoisotopic (exact) mass is 449 g/mol. The molecular weight excluding hydrogens is 441 g/mol. The molecule has 0 aliphatic carbocycles. The van der Waals surface area contributed by atoms with Crippen molar-refractivity contribution >= 4 is 72.9 Å². The molecule has 28 heavy (non-hydrogen) atoms. The number of nitro groups is 1. The second kappa shape index (κ2) is 7.48. The summed E-state index contributed by atoms with van der Waals surface area (Å²) in [4.78, 5) is 31.8. The van der Waals surface area contributed by atoms with Crippen molar-refractivity contribution in [2.45, 2.75) is 0 Å². The van der Waals surface area contributed by atoms with Gasteiger partial charge in [0.05, 0.1) is 15.3 Å². The molecule has 0 unspecified atom stereocenters. The molecule has 10 heteroatoms. The minimum Gasteiger partial charge on any atom is -0.305 e. The SMILES string of the molecule is O=c1[nH]c(/C(Cl)=C/c2ccc(Cl)c([N+](=O)[O-])c2)nc2scc(-c3cccs3)c12. The molecular formula is C18H9Cl2N3O3S2. The van der Waals surface area contributed by atoms with Crippen molar-refractivity contribution in [3.63, 3.8) is 0 Å². The van der Waals surface area contributed by atoms with Gasteiger partial charge in [0, 0.05) is 21.9 Å². The number of hydrogen-bond acceptors (Lipinski definition) is 6. The molecule has 4 rings (SSSR count). The molecule has 0 saturated heterocycles. The standard InChI is InChI=1S/C18H9Cl2N3O3S2/c19-11-4-3-9(7-13(11)23(25)26)6-12(20)16-21-17(24)15-10(8-28-18(15)22-16)14-2-1-5-27-14/h1-8H,(H,21,22,24)/b12-6-. The third kappa shape index (κ3) is 3.47. The van der Waals surface area contributed by atoms with Gasteiger partial charge in [-0.25, -0.2) is 4.98 Å². The van der Waals surface area contributed by atoms with E-state index in [2.05, 4.69) is 9.97 Å². The van der Waals surface area contributed by atoms with E-state index in [1.54, 1.807) is 17.4 Å². The summed E-state index contributed by atoms with van der Waals surface area (Å²) in [6.07, 6.45) is 1.49. The number of fused-ring (bicyclic) bond motifs is 1. The molecule has 0 fully saturated rings. The third-order valence-electron chi connectivity index (χ3n) is 3.92. The van der Waals surface area contributed by atoms with Crippen LogP contribution in [0.25, 0.3) is 31.8 Å². The Balaban J connectivity index is 1.77. The van der Waals surface area contributed by atoms with Crippen molar-refractivity contribution in [2.75, 3.05) is 0 Å². The quantitative estimate of drug-likeness (QED) is 0.305. The number of nitrogens with zero attached hydrogens (tertiary/aromatic N) is 2. The highest BCUT2D eigenvalue weighted by molar-refractivity contribution is 7.18. The van der Waals surface area contributed by atoms with Crippen molar-refractivity contribution in [3.8, 4) is 10.4 Å². The van der Waals surface area contributed by atoms with Crippen LogP contribution in [0, 0.1) is 10.1 Å². The zero-order valence-electron chi connectivity index (χ0n) is 13.8. The topological polar surface area (TPSA) is 88.9 Å². The molecule has 0 saturated carbocycles. The first-order chi connectivity index (χ1) is 13.4. The zero-order chi connectivity index (χ0) is 19.8. The van der Waals surface area contributed by atoms with Crippen molar-refractivity contribution in [3.05, 3.63) is 78.0 Å². The summed E-state index contributed by atoms with van der Waals surface area (Å²) in [6, 6.07) is 8.18. The average Bonchev–Trinajstić information content (AvgIpc) is 3.32. The van der Waals surface area contributed by atoms with Gasteiger partial charge in [-0.15, -0.1) is 22.7 Å². The van der Waals surface area contributed by atoms with E-state index < -0.39 is 4.92 Å². The average molecular weight is 450 g/mol. The minimum atomic E-state index is -0.572. The normalized spacial score (nSPS) is 11.9. The Bertz CT molecular complexity index is 1290. The van der Waals surface area contributed by atoms with Crippen molar-refractivity contribution in [1.82, 2.24) is 9.97 Å². The lowest BCUT2D eigenvalue weighted by atomic mass is 10.2. The number of halogens is 2. The molecule has 1 aromatic carbocycles. The number of nitrogens with one attached hydrogen (secondary N) is 1. The van der Waals surface area contributed by atoms with Crippen LogP contribution in [0.5, 0.6) is 0 Å². The van der Waals surface area contributed by atoms with Crippen LogP contribution in [0.3, 0.4) is 0 Å². The second-order valence-corrected chi connectivity index (χ2v) is 8.30. The maximum absolute atomic E-state index is 12.6. The van der Waals surface area contributed by atoms with Gasteiger partial charge >= 0.3 is 0 Å². The third-order valence-corrected chi connectivity index (χ3v) is 6.30. The number of rotatable bonds is 4. The summed E-state index contributed by atoms with van der Waals surface area (Å²) >= 11 is 15.0. The van der Waals surface area contributed by atoms with E-state index in [4.69, 9.17) is 23.2 Å². The number of benzene rings is 1. The van der Waals surface area contributed by atoms with Gasteiger partial charge in [0.15, 0.2) is 5.82 Å². The smallest absolute Gasteiger partial charge is 0.288 e. The lowest BCUT2D eigenvalue weighted by Gasteiger charge is -2.02. The van der Waals surface area contributed by atoms with Crippen LogP contribution in [-0.4, -0.2) is 14.9 Å². The highest BCUT2D eigenvalue weighted by Gasteiger charge is 2.16. The minimum absolute atomic E-state index is 0.0333. The Morgan fingerprint density at radius 3 is 2.82 bits per heavy atom. The number of H-pyrrole nitrogens is 1. The van der Waals surface area contributed by atoms with Crippen molar-refractivity contribution in [1.29, 1.82) is 0 Å². The summed E-state index contributed by atoms with van der Waals surface area (Å²) in [5, 5.41) is 15.6. The van der Waals surface area contributed by atoms with Crippen LogP contribution >= 0.6 is 45.9 Å². The summed E-state index contributed by atoms with van der Waals surface area (Å²) in [7, 11) is 0. The maximum Gasteiger partial charge on any atom is 0.288 e. The molecule has 0 bridgehead atoms. The van der Waals surface area contributed by atoms with E-state index in [-0.39, 0.29) is 27.1 Å². The van der Waals surface area contributed by atoms with Crippen molar-refractivity contribution in [2.24, 2.45) is 0 Å². The highest BCUT2D eigenvalue weighted by Crippen LogP contribution is 2.34. The molecule has 0 atom stereocenters. The van der Waals surface area contributed by atoms with E-state index in [9.17, 15) is 14.9 Å². The van der Waals surface area contributed by atoms with Gasteiger partial charge in [0.25, 0.3) is 11.2 Å². The van der Waals surface area contributed by atoms with Gasteiger partial charge < -0.3 is 4.98 Å². The van der Waals surface area contributed by atoms with Crippen LogP contribution in [0.1, 0.15) is 11.4 Å².